The molecular formula is C7H11N2O3. The quantitative estimate of drug-likeness (QED) is 0.542. The van der Waals surface area contributed by atoms with Crippen LogP contribution in [0, 0.1) is 0 Å². The predicted octanol–water partition coefficient (Wildman–Crippen LogP) is -1.26. The fourth-order valence-corrected chi connectivity index (χ4v) is 0.501. The molecule has 0 rings (SSSR count). The summed E-state index contributed by atoms with van der Waals surface area (Å²) in [4.78, 5) is 31.0. The van der Waals surface area contributed by atoms with Crippen LogP contribution >= 0.6 is 0 Å². The molecule has 2 amide bonds. The zero-order valence-corrected chi connectivity index (χ0v) is 6.85. The summed E-state index contributed by atoms with van der Waals surface area (Å²) >= 11 is 0. The molecule has 0 aromatic heterocycles. The van der Waals surface area contributed by atoms with Crippen molar-refractivity contribution in [3.05, 3.63) is 0 Å². The van der Waals surface area contributed by atoms with Crippen LogP contribution in [0.2, 0.25) is 0 Å². The van der Waals surface area contributed by atoms with E-state index in [9.17, 15) is 14.4 Å². The largest absolute Gasteiger partial charge is 0.347 e. The van der Waals surface area contributed by atoms with Gasteiger partial charge >= 0.3 is 0 Å². The highest BCUT2D eigenvalue weighted by Crippen LogP contribution is 1.73. The van der Waals surface area contributed by atoms with Crippen LogP contribution in [0.3, 0.4) is 0 Å². The Morgan fingerprint density at radius 1 is 1.25 bits per heavy atom. The molecule has 12 heavy (non-hydrogen) atoms. The maximum absolute atomic E-state index is 10.7. The van der Waals surface area contributed by atoms with Gasteiger partial charge in [0.1, 0.15) is 0 Å². The molecule has 0 saturated carbocycles. The minimum atomic E-state index is -0.389. The number of rotatable bonds is 5. The Morgan fingerprint density at radius 2 is 1.92 bits per heavy atom. The van der Waals surface area contributed by atoms with Crippen LogP contribution in [0.25, 0.3) is 0 Å². The number of hydrogen-bond donors (Lipinski definition) is 2. The third-order valence-corrected chi connectivity index (χ3v) is 1.12. The van der Waals surface area contributed by atoms with Crippen molar-refractivity contribution in [2.75, 3.05) is 13.1 Å². The average Bonchev–Trinajstić information content (AvgIpc) is 2.10. The molecule has 0 aromatic rings. The van der Waals surface area contributed by atoms with Crippen LogP contribution in [-0.4, -0.2) is 31.2 Å². The van der Waals surface area contributed by atoms with Gasteiger partial charge in [0.2, 0.25) is 18.1 Å². The van der Waals surface area contributed by atoms with Crippen LogP contribution in [0.4, 0.5) is 0 Å². The highest BCUT2D eigenvalue weighted by molar-refractivity contribution is 5.85. The van der Waals surface area contributed by atoms with Crippen LogP contribution < -0.4 is 10.6 Å². The summed E-state index contributed by atoms with van der Waals surface area (Å²) in [7, 11) is 0. The number of nitrogens with one attached hydrogen (secondary N) is 2. The molecule has 0 atom stereocenters. The van der Waals surface area contributed by atoms with Gasteiger partial charge in [-0.2, -0.15) is 0 Å². The number of hydrogen-bond acceptors (Lipinski definition) is 3. The molecule has 0 aromatic carbocycles. The van der Waals surface area contributed by atoms with Crippen molar-refractivity contribution in [3.63, 3.8) is 0 Å². The lowest BCUT2D eigenvalue weighted by atomic mass is 10.4. The second kappa shape index (κ2) is 6.33. The van der Waals surface area contributed by atoms with E-state index in [1.54, 1.807) is 6.92 Å². The molecule has 0 saturated heterocycles. The van der Waals surface area contributed by atoms with Crippen molar-refractivity contribution < 1.29 is 14.4 Å². The Bertz CT molecular complexity index is 179. The van der Waals surface area contributed by atoms with Crippen LogP contribution in [0.5, 0.6) is 0 Å². The number of carbonyl (C=O) groups is 2. The fourth-order valence-electron chi connectivity index (χ4n) is 0.501. The summed E-state index contributed by atoms with van der Waals surface area (Å²) in [5.41, 5.74) is 0. The standard InChI is InChI=1S/C7H11N2O3/c1-2-6(11)9-5-7(12)8-3-4-10/h2-3,5H2,1H3,(H,8,12)(H,9,11). The molecule has 5 nitrogen and oxygen atoms in total. The monoisotopic (exact) mass is 171 g/mol. The highest BCUT2D eigenvalue weighted by Gasteiger charge is 2.01. The van der Waals surface area contributed by atoms with Crippen LogP contribution in [0.15, 0.2) is 0 Å². The van der Waals surface area contributed by atoms with Gasteiger partial charge in [-0.3, -0.25) is 14.4 Å². The molecule has 0 aliphatic rings. The minimum absolute atomic E-state index is 0.0889. The first-order valence-corrected chi connectivity index (χ1v) is 3.59. The maximum atomic E-state index is 10.7. The van der Waals surface area contributed by atoms with Gasteiger partial charge in [0.05, 0.1) is 13.1 Å². The first-order chi connectivity index (χ1) is 5.70. The first-order valence-electron chi connectivity index (χ1n) is 3.59. The molecule has 0 aliphatic carbocycles. The second-order valence-electron chi connectivity index (χ2n) is 2.05. The zero-order chi connectivity index (χ0) is 9.40. The summed E-state index contributed by atoms with van der Waals surface area (Å²) in [5.74, 6) is -0.583. The highest BCUT2D eigenvalue weighted by atomic mass is 16.2. The van der Waals surface area contributed by atoms with Crippen molar-refractivity contribution >= 4 is 18.1 Å². The third-order valence-electron chi connectivity index (χ3n) is 1.12. The summed E-state index contributed by atoms with van der Waals surface area (Å²) in [5, 5.41) is 4.59. The van der Waals surface area contributed by atoms with E-state index in [-0.39, 0.29) is 24.9 Å². The Morgan fingerprint density at radius 3 is 2.42 bits per heavy atom. The van der Waals surface area contributed by atoms with Crippen molar-refractivity contribution in [1.29, 1.82) is 0 Å². The Labute approximate surface area is 70.5 Å². The molecule has 0 fully saturated rings. The van der Waals surface area contributed by atoms with Gasteiger partial charge in [0.15, 0.2) is 0 Å². The molecule has 5 heteroatoms. The smallest absolute Gasteiger partial charge is 0.239 e. The van der Waals surface area contributed by atoms with Gasteiger partial charge in [-0.25, -0.2) is 0 Å². The summed E-state index contributed by atoms with van der Waals surface area (Å²) in [6, 6.07) is 0. The Hall–Kier alpha value is -1.39. The van der Waals surface area contributed by atoms with Crippen molar-refractivity contribution in [3.8, 4) is 0 Å². The summed E-state index contributed by atoms with van der Waals surface area (Å²) < 4.78 is 0. The lowest BCUT2D eigenvalue weighted by Gasteiger charge is -2.01. The summed E-state index contributed by atoms with van der Waals surface area (Å²) in [6.45, 7) is 1.46. The predicted molar refractivity (Wildman–Crippen MR) is 42.0 cm³/mol. The first kappa shape index (κ1) is 10.6. The summed E-state index contributed by atoms with van der Waals surface area (Å²) in [6.07, 6.45) is 1.85. The van der Waals surface area contributed by atoms with E-state index in [1.807, 2.05) is 0 Å². The van der Waals surface area contributed by atoms with Gasteiger partial charge in [0.25, 0.3) is 0 Å². The SMILES string of the molecule is CCC(=O)NCC(=O)NC[C]=O. The van der Waals surface area contributed by atoms with Gasteiger partial charge in [0, 0.05) is 6.42 Å². The molecular weight excluding hydrogens is 160 g/mol. The Kier molecular flexibility index (Phi) is 5.60. The van der Waals surface area contributed by atoms with E-state index in [2.05, 4.69) is 10.6 Å². The Balaban J connectivity index is 3.43. The molecule has 0 heterocycles. The molecule has 0 spiro atoms. The second-order valence-corrected chi connectivity index (χ2v) is 2.05. The molecule has 2 N–H and O–H groups in total. The van der Waals surface area contributed by atoms with Crippen molar-refractivity contribution in [1.82, 2.24) is 10.6 Å². The molecule has 0 bridgehead atoms. The molecule has 67 valence electrons. The number of amides is 2. The minimum Gasteiger partial charge on any atom is -0.347 e. The van der Waals surface area contributed by atoms with E-state index in [0.717, 1.165) is 0 Å². The van der Waals surface area contributed by atoms with E-state index < -0.39 is 0 Å². The van der Waals surface area contributed by atoms with Crippen molar-refractivity contribution in [2.24, 2.45) is 0 Å². The van der Waals surface area contributed by atoms with Crippen LogP contribution in [-0.2, 0) is 14.4 Å². The van der Waals surface area contributed by atoms with Gasteiger partial charge in [-0.05, 0) is 0 Å². The van der Waals surface area contributed by atoms with E-state index in [4.69, 9.17) is 0 Å². The topological polar surface area (TPSA) is 75.3 Å². The third kappa shape index (κ3) is 5.40. The van der Waals surface area contributed by atoms with E-state index >= 15 is 0 Å². The van der Waals surface area contributed by atoms with E-state index in [1.165, 1.54) is 6.29 Å². The van der Waals surface area contributed by atoms with Crippen LogP contribution in [0.1, 0.15) is 13.3 Å². The fraction of sp³-hybridized carbons (Fsp3) is 0.571. The van der Waals surface area contributed by atoms with E-state index in [0.29, 0.717) is 6.42 Å². The molecule has 0 unspecified atom stereocenters. The van der Waals surface area contributed by atoms with Gasteiger partial charge in [-0.1, -0.05) is 6.92 Å². The van der Waals surface area contributed by atoms with Crippen molar-refractivity contribution in [2.45, 2.75) is 13.3 Å². The maximum Gasteiger partial charge on any atom is 0.239 e. The number of carbonyl (C=O) groups excluding carboxylic acids is 3. The normalized spacial score (nSPS) is 8.75. The average molecular weight is 171 g/mol. The van der Waals surface area contributed by atoms with Gasteiger partial charge < -0.3 is 10.6 Å². The van der Waals surface area contributed by atoms with Gasteiger partial charge in [-0.15, -0.1) is 0 Å². The molecule has 0 aliphatic heterocycles. The lowest BCUT2D eigenvalue weighted by molar-refractivity contribution is -0.125. The zero-order valence-electron chi connectivity index (χ0n) is 6.85. The lowest BCUT2D eigenvalue weighted by Crippen LogP contribution is -2.37. The molecule has 1 radical (unpaired) electrons.